The number of hydrogen-bond donors (Lipinski definition) is 3. The lowest BCUT2D eigenvalue weighted by Gasteiger charge is -2.36. The van der Waals surface area contributed by atoms with Crippen LogP contribution in [0.5, 0.6) is 0 Å². The number of thiophene rings is 1. The van der Waals surface area contributed by atoms with Gasteiger partial charge < -0.3 is 25.3 Å². The van der Waals surface area contributed by atoms with Crippen LogP contribution in [-0.2, 0) is 16.0 Å². The van der Waals surface area contributed by atoms with Gasteiger partial charge in [-0.3, -0.25) is 9.59 Å². The summed E-state index contributed by atoms with van der Waals surface area (Å²) in [5, 5.41) is 24.7. The first-order chi connectivity index (χ1) is 13.6. The number of aliphatic hydroxyl groups excluding tert-OH is 2. The van der Waals surface area contributed by atoms with Crippen LogP contribution < -0.4 is 10.2 Å². The molecule has 2 aromatic heterocycles. The molecule has 0 aromatic carbocycles. The Hall–Kier alpha value is -2.49. The van der Waals surface area contributed by atoms with Gasteiger partial charge in [-0.25, -0.2) is 4.98 Å². The van der Waals surface area contributed by atoms with Crippen molar-refractivity contribution in [3.63, 3.8) is 0 Å². The fourth-order valence-corrected chi connectivity index (χ4v) is 3.74. The highest BCUT2D eigenvalue weighted by Gasteiger charge is 2.34. The van der Waals surface area contributed by atoms with E-state index in [-0.39, 0.29) is 0 Å². The zero-order valence-corrected chi connectivity index (χ0v) is 16.2. The van der Waals surface area contributed by atoms with E-state index in [2.05, 4.69) is 10.3 Å². The number of pyridine rings is 1. The Kier molecular flexibility index (Phi) is 6.96. The Morgan fingerprint density at radius 3 is 2.54 bits per heavy atom. The SMILES string of the molecule is O=C(NCCc1cccs1)[C@H](O)[C@@H](O)C(=O)N1CCN(c2ccccn2)CC1. The summed E-state index contributed by atoms with van der Waals surface area (Å²) in [6, 6.07) is 9.52. The number of nitrogens with one attached hydrogen (secondary N) is 1. The van der Waals surface area contributed by atoms with Gasteiger partial charge in [0.2, 0.25) is 0 Å². The van der Waals surface area contributed by atoms with Crippen LogP contribution in [0.4, 0.5) is 5.82 Å². The predicted molar refractivity (Wildman–Crippen MR) is 106 cm³/mol. The van der Waals surface area contributed by atoms with Gasteiger partial charge in [-0.2, -0.15) is 0 Å². The van der Waals surface area contributed by atoms with Crippen LogP contribution in [0, 0.1) is 0 Å². The van der Waals surface area contributed by atoms with E-state index in [9.17, 15) is 19.8 Å². The number of aliphatic hydroxyl groups is 2. The summed E-state index contributed by atoms with van der Waals surface area (Å²) >= 11 is 1.58. The van der Waals surface area contributed by atoms with Gasteiger partial charge in [-0.05, 0) is 30.0 Å². The van der Waals surface area contributed by atoms with E-state index in [4.69, 9.17) is 0 Å². The molecule has 8 nitrogen and oxygen atoms in total. The molecule has 2 atom stereocenters. The number of carbonyl (C=O) groups excluding carboxylic acids is 2. The molecule has 2 amide bonds. The van der Waals surface area contributed by atoms with E-state index >= 15 is 0 Å². The zero-order chi connectivity index (χ0) is 19.9. The highest BCUT2D eigenvalue weighted by molar-refractivity contribution is 7.09. The molecular weight excluding hydrogens is 380 g/mol. The summed E-state index contributed by atoms with van der Waals surface area (Å²) in [6.07, 6.45) is -1.22. The first-order valence-corrected chi connectivity index (χ1v) is 10.0. The fraction of sp³-hybridized carbons (Fsp3) is 0.421. The third-order valence-corrected chi connectivity index (χ3v) is 5.57. The molecule has 150 valence electrons. The zero-order valence-electron chi connectivity index (χ0n) is 15.4. The number of piperazine rings is 1. The van der Waals surface area contributed by atoms with Gasteiger partial charge in [0.1, 0.15) is 5.82 Å². The molecule has 0 bridgehead atoms. The second kappa shape index (κ2) is 9.63. The molecule has 0 unspecified atom stereocenters. The molecule has 3 N–H and O–H groups in total. The minimum atomic E-state index is -1.79. The largest absolute Gasteiger partial charge is 0.380 e. The highest BCUT2D eigenvalue weighted by Crippen LogP contribution is 2.14. The Bertz CT molecular complexity index is 764. The van der Waals surface area contributed by atoms with Gasteiger partial charge in [-0.1, -0.05) is 12.1 Å². The lowest BCUT2D eigenvalue weighted by Crippen LogP contribution is -2.56. The molecule has 9 heteroatoms. The smallest absolute Gasteiger partial charge is 0.254 e. The van der Waals surface area contributed by atoms with Gasteiger partial charge >= 0.3 is 0 Å². The van der Waals surface area contributed by atoms with Crippen molar-refractivity contribution in [1.29, 1.82) is 0 Å². The minimum absolute atomic E-state index is 0.333. The van der Waals surface area contributed by atoms with Crippen molar-refractivity contribution in [1.82, 2.24) is 15.2 Å². The number of nitrogens with zero attached hydrogens (tertiary/aromatic N) is 3. The normalized spacial score (nSPS) is 16.5. The van der Waals surface area contributed by atoms with E-state index in [1.165, 1.54) is 4.90 Å². The van der Waals surface area contributed by atoms with E-state index in [0.29, 0.717) is 39.1 Å². The van der Waals surface area contributed by atoms with Gasteiger partial charge in [0.15, 0.2) is 12.2 Å². The van der Waals surface area contributed by atoms with Crippen LogP contribution in [0.3, 0.4) is 0 Å². The van der Waals surface area contributed by atoms with Crippen LogP contribution >= 0.6 is 11.3 Å². The Balaban J connectivity index is 1.45. The topological polar surface area (TPSA) is 106 Å². The van der Waals surface area contributed by atoms with Crippen molar-refractivity contribution in [2.75, 3.05) is 37.6 Å². The van der Waals surface area contributed by atoms with Gasteiger partial charge in [0.05, 0.1) is 0 Å². The monoisotopic (exact) mass is 404 g/mol. The summed E-state index contributed by atoms with van der Waals surface area (Å²) in [7, 11) is 0. The molecule has 0 spiro atoms. The van der Waals surface area contributed by atoms with Gasteiger partial charge in [-0.15, -0.1) is 11.3 Å². The van der Waals surface area contributed by atoms with Crippen LogP contribution in [0.1, 0.15) is 4.88 Å². The molecule has 0 saturated carbocycles. The summed E-state index contributed by atoms with van der Waals surface area (Å²) in [4.78, 5) is 33.4. The van der Waals surface area contributed by atoms with Crippen molar-refractivity contribution in [3.8, 4) is 0 Å². The molecule has 28 heavy (non-hydrogen) atoms. The highest BCUT2D eigenvalue weighted by atomic mass is 32.1. The third-order valence-electron chi connectivity index (χ3n) is 4.64. The summed E-state index contributed by atoms with van der Waals surface area (Å²) in [5.41, 5.74) is 0. The van der Waals surface area contributed by atoms with E-state index in [0.717, 1.165) is 10.7 Å². The molecule has 1 fully saturated rings. The van der Waals surface area contributed by atoms with E-state index < -0.39 is 24.0 Å². The molecule has 3 heterocycles. The molecular formula is C19H24N4O4S. The summed E-state index contributed by atoms with van der Waals surface area (Å²) in [6.45, 7) is 2.25. The molecule has 1 saturated heterocycles. The quantitative estimate of drug-likeness (QED) is 0.594. The van der Waals surface area contributed by atoms with Crippen LogP contribution in [-0.4, -0.2) is 76.8 Å². The van der Waals surface area contributed by atoms with Crippen molar-refractivity contribution < 1.29 is 19.8 Å². The molecule has 0 radical (unpaired) electrons. The summed E-state index contributed by atoms with van der Waals surface area (Å²) in [5.74, 6) is -0.550. The maximum Gasteiger partial charge on any atom is 0.254 e. The standard InChI is InChI=1S/C19H24N4O4S/c24-16(18(26)21-8-6-14-4-3-13-28-14)17(25)19(27)23-11-9-22(10-12-23)15-5-1-2-7-20-15/h1-5,7,13,16-17,24-25H,6,8-12H2,(H,21,26)/t16-,17-/m1/s1. The third kappa shape index (κ3) is 5.06. The van der Waals surface area contributed by atoms with E-state index in [1.807, 2.05) is 40.6 Å². The number of amides is 2. The minimum Gasteiger partial charge on any atom is -0.380 e. The Morgan fingerprint density at radius 1 is 1.11 bits per heavy atom. The lowest BCUT2D eigenvalue weighted by molar-refractivity contribution is -0.153. The van der Waals surface area contributed by atoms with Crippen molar-refractivity contribution in [2.24, 2.45) is 0 Å². The second-order valence-electron chi connectivity index (χ2n) is 6.51. The first-order valence-electron chi connectivity index (χ1n) is 9.17. The molecule has 1 aliphatic rings. The van der Waals surface area contributed by atoms with E-state index in [1.54, 1.807) is 17.5 Å². The fourth-order valence-electron chi connectivity index (χ4n) is 3.03. The number of aromatic nitrogens is 1. The predicted octanol–water partition coefficient (Wildman–Crippen LogP) is -0.128. The maximum atomic E-state index is 12.5. The number of anilines is 1. The Morgan fingerprint density at radius 2 is 1.89 bits per heavy atom. The van der Waals surface area contributed by atoms with Crippen molar-refractivity contribution >= 4 is 29.0 Å². The van der Waals surface area contributed by atoms with Crippen LogP contribution in [0.25, 0.3) is 0 Å². The first kappa shape index (κ1) is 20.2. The average molecular weight is 404 g/mol. The van der Waals surface area contributed by atoms with Crippen LogP contribution in [0.2, 0.25) is 0 Å². The van der Waals surface area contributed by atoms with Crippen molar-refractivity contribution in [2.45, 2.75) is 18.6 Å². The number of carbonyl (C=O) groups is 2. The maximum absolute atomic E-state index is 12.5. The van der Waals surface area contributed by atoms with Gasteiger partial charge in [0.25, 0.3) is 11.8 Å². The molecule has 2 aromatic rings. The average Bonchev–Trinajstić information content (AvgIpc) is 3.26. The molecule has 0 aliphatic carbocycles. The molecule has 3 rings (SSSR count). The van der Waals surface area contributed by atoms with Crippen molar-refractivity contribution in [3.05, 3.63) is 46.8 Å². The van der Waals surface area contributed by atoms with Gasteiger partial charge in [0, 0.05) is 43.8 Å². The van der Waals surface area contributed by atoms with Crippen LogP contribution in [0.15, 0.2) is 41.9 Å². The number of hydrogen-bond acceptors (Lipinski definition) is 7. The molecule has 1 aliphatic heterocycles. The Labute approximate surface area is 167 Å². The lowest BCUT2D eigenvalue weighted by atomic mass is 10.1. The number of rotatable bonds is 7. The summed E-state index contributed by atoms with van der Waals surface area (Å²) < 4.78 is 0. The second-order valence-corrected chi connectivity index (χ2v) is 7.54.